The maximum Gasteiger partial charge on any atom is 0.0216 e. The predicted octanol–water partition coefficient (Wildman–Crippen LogP) is 2.32. The van der Waals surface area contributed by atoms with E-state index < -0.39 is 0 Å². The molecule has 1 N–H and O–H groups in total. The van der Waals surface area contributed by atoms with Crippen molar-refractivity contribution < 1.29 is 0 Å². The summed E-state index contributed by atoms with van der Waals surface area (Å²) in [5, 5.41) is 8.02. The van der Waals surface area contributed by atoms with Gasteiger partial charge in [0.05, 0.1) is 0 Å². The molecule has 1 aromatic heterocycles. The minimum atomic E-state index is 0.720. The molecular weight excluding hydrogens is 204 g/mol. The molecular formula is C12H20N2S. The Labute approximate surface area is 96.3 Å². The Hall–Kier alpha value is -0.380. The van der Waals surface area contributed by atoms with Gasteiger partial charge in [0.1, 0.15) is 0 Å². The van der Waals surface area contributed by atoms with E-state index in [0.29, 0.717) is 0 Å². The smallest absolute Gasteiger partial charge is 0.0216 e. The predicted molar refractivity (Wildman–Crippen MR) is 66.3 cm³/mol. The van der Waals surface area contributed by atoms with Gasteiger partial charge in [-0.25, -0.2) is 0 Å². The summed E-state index contributed by atoms with van der Waals surface area (Å²) in [4.78, 5) is 2.35. The molecule has 0 aromatic carbocycles. The second kappa shape index (κ2) is 5.10. The van der Waals surface area contributed by atoms with E-state index in [1.807, 2.05) is 0 Å². The Morgan fingerprint density at radius 2 is 2.33 bits per heavy atom. The lowest BCUT2D eigenvalue weighted by Gasteiger charge is -2.19. The number of nitrogens with one attached hydrogen (secondary N) is 1. The Morgan fingerprint density at radius 3 is 2.93 bits per heavy atom. The van der Waals surface area contributed by atoms with Gasteiger partial charge in [-0.15, -0.1) is 0 Å². The average molecular weight is 224 g/mol. The van der Waals surface area contributed by atoms with Gasteiger partial charge in [-0.05, 0) is 55.7 Å². The molecule has 1 aromatic rings. The lowest BCUT2D eigenvalue weighted by molar-refractivity contribution is 0.293. The first-order valence-corrected chi connectivity index (χ1v) is 6.61. The molecule has 1 heterocycles. The van der Waals surface area contributed by atoms with Crippen LogP contribution in [0.3, 0.4) is 0 Å². The SMILES string of the molecule is CN(C)C1CCC(NCc2ccsc2)C1. The zero-order chi connectivity index (χ0) is 10.7. The van der Waals surface area contributed by atoms with Gasteiger partial charge < -0.3 is 10.2 Å². The third kappa shape index (κ3) is 3.03. The minimum Gasteiger partial charge on any atom is -0.310 e. The fourth-order valence-corrected chi connectivity index (χ4v) is 2.94. The molecule has 3 heteroatoms. The highest BCUT2D eigenvalue weighted by Gasteiger charge is 2.25. The van der Waals surface area contributed by atoms with Crippen molar-refractivity contribution >= 4 is 11.3 Å². The minimum absolute atomic E-state index is 0.720. The first-order chi connectivity index (χ1) is 7.25. The molecule has 1 saturated carbocycles. The van der Waals surface area contributed by atoms with Crippen molar-refractivity contribution in [2.45, 2.75) is 37.9 Å². The van der Waals surface area contributed by atoms with Crippen LogP contribution in [0.25, 0.3) is 0 Å². The molecule has 2 nitrogen and oxygen atoms in total. The van der Waals surface area contributed by atoms with Crippen LogP contribution in [0.15, 0.2) is 16.8 Å². The van der Waals surface area contributed by atoms with Gasteiger partial charge in [0.2, 0.25) is 0 Å². The van der Waals surface area contributed by atoms with Crippen LogP contribution < -0.4 is 5.32 Å². The third-order valence-electron chi connectivity index (χ3n) is 3.31. The van der Waals surface area contributed by atoms with Crippen molar-refractivity contribution in [3.8, 4) is 0 Å². The zero-order valence-electron chi connectivity index (χ0n) is 9.57. The van der Waals surface area contributed by atoms with E-state index in [9.17, 15) is 0 Å². The second-order valence-electron chi connectivity index (χ2n) is 4.64. The standard InChI is InChI=1S/C12H20N2S/c1-14(2)12-4-3-11(7-12)13-8-10-5-6-15-9-10/h5-6,9,11-13H,3-4,7-8H2,1-2H3. The maximum atomic E-state index is 3.65. The van der Waals surface area contributed by atoms with E-state index in [1.165, 1.54) is 24.8 Å². The Bertz CT molecular complexity index is 282. The number of nitrogens with zero attached hydrogens (tertiary/aromatic N) is 1. The van der Waals surface area contributed by atoms with Crippen LogP contribution in [0.5, 0.6) is 0 Å². The summed E-state index contributed by atoms with van der Waals surface area (Å²) in [6.45, 7) is 1.04. The monoisotopic (exact) mass is 224 g/mol. The number of hydrogen-bond donors (Lipinski definition) is 1. The first kappa shape index (κ1) is 11.1. The quantitative estimate of drug-likeness (QED) is 0.844. The van der Waals surface area contributed by atoms with E-state index in [-0.39, 0.29) is 0 Å². The van der Waals surface area contributed by atoms with Crippen LogP contribution in [0.2, 0.25) is 0 Å². The Kier molecular flexibility index (Phi) is 3.78. The van der Waals surface area contributed by atoms with Crippen molar-refractivity contribution in [1.82, 2.24) is 10.2 Å². The van der Waals surface area contributed by atoms with Gasteiger partial charge in [0.25, 0.3) is 0 Å². The molecule has 2 unspecified atom stereocenters. The fraction of sp³-hybridized carbons (Fsp3) is 0.667. The molecule has 1 fully saturated rings. The summed E-state index contributed by atoms with van der Waals surface area (Å²) in [6, 6.07) is 3.71. The number of thiophene rings is 1. The van der Waals surface area contributed by atoms with Crippen molar-refractivity contribution in [2.75, 3.05) is 14.1 Å². The highest BCUT2D eigenvalue weighted by atomic mass is 32.1. The number of rotatable bonds is 4. The molecule has 2 atom stereocenters. The maximum absolute atomic E-state index is 3.65. The zero-order valence-corrected chi connectivity index (χ0v) is 10.4. The van der Waals surface area contributed by atoms with Crippen LogP contribution in [0, 0.1) is 0 Å². The summed E-state index contributed by atoms with van der Waals surface area (Å²) in [7, 11) is 4.37. The van der Waals surface area contributed by atoms with Crippen molar-refractivity contribution in [2.24, 2.45) is 0 Å². The van der Waals surface area contributed by atoms with Gasteiger partial charge in [0.15, 0.2) is 0 Å². The molecule has 1 aliphatic rings. The van der Waals surface area contributed by atoms with E-state index >= 15 is 0 Å². The van der Waals surface area contributed by atoms with Crippen LogP contribution in [-0.4, -0.2) is 31.1 Å². The highest BCUT2D eigenvalue weighted by molar-refractivity contribution is 7.07. The summed E-state index contributed by atoms with van der Waals surface area (Å²) < 4.78 is 0. The fourth-order valence-electron chi connectivity index (χ4n) is 2.27. The lowest BCUT2D eigenvalue weighted by atomic mass is 10.2. The largest absolute Gasteiger partial charge is 0.310 e. The molecule has 0 spiro atoms. The van der Waals surface area contributed by atoms with Crippen molar-refractivity contribution in [1.29, 1.82) is 0 Å². The van der Waals surface area contributed by atoms with Crippen molar-refractivity contribution in [3.63, 3.8) is 0 Å². The molecule has 0 amide bonds. The van der Waals surface area contributed by atoms with Gasteiger partial charge in [0, 0.05) is 18.6 Å². The van der Waals surface area contributed by atoms with E-state index in [1.54, 1.807) is 11.3 Å². The highest BCUT2D eigenvalue weighted by Crippen LogP contribution is 2.22. The summed E-state index contributed by atoms with van der Waals surface area (Å²) in [5.74, 6) is 0. The van der Waals surface area contributed by atoms with Crippen LogP contribution in [0.1, 0.15) is 24.8 Å². The topological polar surface area (TPSA) is 15.3 Å². The van der Waals surface area contributed by atoms with Gasteiger partial charge in [-0.2, -0.15) is 11.3 Å². The molecule has 15 heavy (non-hydrogen) atoms. The molecule has 0 radical (unpaired) electrons. The first-order valence-electron chi connectivity index (χ1n) is 5.66. The Morgan fingerprint density at radius 1 is 1.47 bits per heavy atom. The third-order valence-corrected chi connectivity index (χ3v) is 4.04. The molecule has 84 valence electrons. The lowest BCUT2D eigenvalue weighted by Crippen LogP contribution is -2.30. The molecule has 1 aliphatic carbocycles. The van der Waals surface area contributed by atoms with Gasteiger partial charge in [-0.1, -0.05) is 0 Å². The van der Waals surface area contributed by atoms with Gasteiger partial charge >= 0.3 is 0 Å². The molecule has 0 bridgehead atoms. The van der Waals surface area contributed by atoms with E-state index in [4.69, 9.17) is 0 Å². The number of hydrogen-bond acceptors (Lipinski definition) is 3. The van der Waals surface area contributed by atoms with Crippen LogP contribution >= 0.6 is 11.3 Å². The normalized spacial score (nSPS) is 26.3. The molecule has 2 rings (SSSR count). The van der Waals surface area contributed by atoms with Crippen LogP contribution in [0.4, 0.5) is 0 Å². The summed E-state index contributed by atoms with van der Waals surface area (Å²) in [6.07, 6.45) is 3.97. The van der Waals surface area contributed by atoms with E-state index in [2.05, 4.69) is 41.1 Å². The van der Waals surface area contributed by atoms with Crippen molar-refractivity contribution in [3.05, 3.63) is 22.4 Å². The average Bonchev–Trinajstić information content (AvgIpc) is 2.86. The van der Waals surface area contributed by atoms with Gasteiger partial charge in [-0.3, -0.25) is 0 Å². The summed E-state index contributed by atoms with van der Waals surface area (Å²) in [5.41, 5.74) is 1.42. The second-order valence-corrected chi connectivity index (χ2v) is 5.42. The molecule has 0 aliphatic heterocycles. The van der Waals surface area contributed by atoms with E-state index in [0.717, 1.165) is 18.6 Å². The summed E-state index contributed by atoms with van der Waals surface area (Å²) >= 11 is 1.78. The Balaban J connectivity index is 1.73. The molecule has 0 saturated heterocycles. The van der Waals surface area contributed by atoms with Crippen LogP contribution in [-0.2, 0) is 6.54 Å².